The maximum Gasteiger partial charge on any atom is 0.220 e. The maximum atomic E-state index is 14.0. The molecule has 0 saturated carbocycles. The van der Waals surface area contributed by atoms with E-state index in [4.69, 9.17) is 0 Å². The van der Waals surface area contributed by atoms with Crippen LogP contribution in [0.3, 0.4) is 0 Å². The van der Waals surface area contributed by atoms with Crippen LogP contribution in [0, 0.1) is 17.0 Å². The third-order valence-electron chi connectivity index (χ3n) is 3.28. The Hall–Kier alpha value is -1.49. The summed E-state index contributed by atoms with van der Waals surface area (Å²) < 4.78 is 27.0. The van der Waals surface area contributed by atoms with Gasteiger partial charge in [-0.2, -0.15) is 0 Å². The van der Waals surface area contributed by atoms with E-state index in [0.29, 0.717) is 18.4 Å². The topological polar surface area (TPSA) is 41.1 Å². The summed E-state index contributed by atoms with van der Waals surface area (Å²) in [7, 11) is 1.82. The predicted octanol–water partition coefficient (Wildman–Crippen LogP) is 3.17. The molecule has 118 valence electrons. The summed E-state index contributed by atoms with van der Waals surface area (Å²) in [5.74, 6) is -1.39. The number of amides is 1. The molecule has 0 heterocycles. The second-order valence-corrected chi connectivity index (χ2v) is 6.24. The van der Waals surface area contributed by atoms with Gasteiger partial charge in [-0.15, -0.1) is 0 Å². The fourth-order valence-electron chi connectivity index (χ4n) is 2.16. The molecule has 0 aliphatic rings. The zero-order chi connectivity index (χ0) is 16.0. The van der Waals surface area contributed by atoms with E-state index in [2.05, 4.69) is 10.6 Å². The maximum absolute atomic E-state index is 14.0. The summed E-state index contributed by atoms with van der Waals surface area (Å²) in [6.45, 7) is 6.48. The van der Waals surface area contributed by atoms with E-state index in [1.165, 1.54) is 12.1 Å². The van der Waals surface area contributed by atoms with E-state index in [1.807, 2.05) is 27.8 Å². The van der Waals surface area contributed by atoms with E-state index in [9.17, 15) is 13.6 Å². The van der Waals surface area contributed by atoms with Crippen molar-refractivity contribution in [2.24, 2.45) is 5.41 Å². The van der Waals surface area contributed by atoms with Crippen LogP contribution >= 0.6 is 0 Å². The average molecular weight is 298 g/mol. The number of carbonyl (C=O) groups excluding carboxylic acids is 1. The van der Waals surface area contributed by atoms with Gasteiger partial charge in [-0.25, -0.2) is 8.78 Å². The van der Waals surface area contributed by atoms with Crippen molar-refractivity contribution in [1.29, 1.82) is 0 Å². The molecule has 0 spiro atoms. The SMILES string of the molecule is CNCCCC(=O)NC(c1ccc(F)cc1F)C(C)(C)C. The third-order valence-corrected chi connectivity index (χ3v) is 3.28. The molecular formula is C16H24F2N2O. The highest BCUT2D eigenvalue weighted by atomic mass is 19.1. The molecule has 0 aliphatic carbocycles. The van der Waals surface area contributed by atoms with E-state index in [-0.39, 0.29) is 11.3 Å². The molecule has 2 N–H and O–H groups in total. The number of halogens is 2. The quantitative estimate of drug-likeness (QED) is 0.792. The Bertz CT molecular complexity index is 484. The van der Waals surface area contributed by atoms with Crippen LogP contribution in [0.2, 0.25) is 0 Å². The number of rotatable bonds is 6. The van der Waals surface area contributed by atoms with Crippen molar-refractivity contribution >= 4 is 5.91 Å². The Morgan fingerprint density at radius 3 is 2.48 bits per heavy atom. The molecule has 0 fully saturated rings. The van der Waals surface area contributed by atoms with Crippen molar-refractivity contribution in [3.8, 4) is 0 Å². The lowest BCUT2D eigenvalue weighted by Gasteiger charge is -2.32. The lowest BCUT2D eigenvalue weighted by atomic mass is 9.82. The van der Waals surface area contributed by atoms with E-state index in [0.717, 1.165) is 12.6 Å². The lowest BCUT2D eigenvalue weighted by Crippen LogP contribution is -2.37. The van der Waals surface area contributed by atoms with E-state index < -0.39 is 17.7 Å². The third kappa shape index (κ3) is 5.42. The van der Waals surface area contributed by atoms with Gasteiger partial charge in [0.15, 0.2) is 0 Å². The molecular weight excluding hydrogens is 274 g/mol. The van der Waals surface area contributed by atoms with Crippen molar-refractivity contribution in [3.05, 3.63) is 35.4 Å². The van der Waals surface area contributed by atoms with Crippen LogP contribution < -0.4 is 10.6 Å². The summed E-state index contributed by atoms with van der Waals surface area (Å²) >= 11 is 0. The summed E-state index contributed by atoms with van der Waals surface area (Å²) in [6, 6.07) is 2.96. The average Bonchev–Trinajstić information content (AvgIpc) is 2.36. The highest BCUT2D eigenvalue weighted by molar-refractivity contribution is 5.76. The lowest BCUT2D eigenvalue weighted by molar-refractivity contribution is -0.122. The molecule has 1 amide bonds. The minimum absolute atomic E-state index is 0.131. The van der Waals surface area contributed by atoms with Crippen molar-refractivity contribution in [2.75, 3.05) is 13.6 Å². The Kier molecular flexibility index (Phi) is 6.27. The van der Waals surface area contributed by atoms with Crippen molar-refractivity contribution in [3.63, 3.8) is 0 Å². The van der Waals surface area contributed by atoms with Crippen LogP contribution in [0.1, 0.15) is 45.2 Å². The fourth-order valence-corrected chi connectivity index (χ4v) is 2.16. The van der Waals surface area contributed by atoms with Crippen LogP contribution in [-0.2, 0) is 4.79 Å². The molecule has 0 bridgehead atoms. The standard InChI is InChI=1S/C16H24F2N2O/c1-16(2,3)15(20-14(21)6-5-9-19-4)12-8-7-11(17)10-13(12)18/h7-8,10,15,19H,5-6,9H2,1-4H3,(H,20,21). The Morgan fingerprint density at radius 2 is 1.95 bits per heavy atom. The molecule has 1 atom stereocenters. The fraction of sp³-hybridized carbons (Fsp3) is 0.562. The minimum atomic E-state index is -0.634. The summed E-state index contributed by atoms with van der Waals surface area (Å²) in [5, 5.41) is 5.84. The largest absolute Gasteiger partial charge is 0.349 e. The van der Waals surface area contributed by atoms with Gasteiger partial charge < -0.3 is 10.6 Å². The number of carbonyl (C=O) groups is 1. The van der Waals surface area contributed by atoms with Crippen LogP contribution in [-0.4, -0.2) is 19.5 Å². The summed E-state index contributed by atoms with van der Waals surface area (Å²) in [5.41, 5.74) is -0.0667. The molecule has 0 aromatic heterocycles. The monoisotopic (exact) mass is 298 g/mol. The highest BCUT2D eigenvalue weighted by Crippen LogP contribution is 2.34. The van der Waals surface area contributed by atoms with Gasteiger partial charge in [0.2, 0.25) is 5.91 Å². The molecule has 0 aliphatic heterocycles. The van der Waals surface area contributed by atoms with Gasteiger partial charge in [0.05, 0.1) is 6.04 Å². The molecule has 1 aromatic carbocycles. The first-order valence-corrected chi connectivity index (χ1v) is 7.14. The molecule has 5 heteroatoms. The minimum Gasteiger partial charge on any atom is -0.349 e. The highest BCUT2D eigenvalue weighted by Gasteiger charge is 2.30. The Morgan fingerprint density at radius 1 is 1.29 bits per heavy atom. The first kappa shape index (κ1) is 17.6. The smallest absolute Gasteiger partial charge is 0.220 e. The van der Waals surface area contributed by atoms with Crippen LogP contribution in [0.25, 0.3) is 0 Å². The van der Waals surface area contributed by atoms with Crippen LogP contribution in [0.15, 0.2) is 18.2 Å². The molecule has 1 aromatic rings. The Labute approximate surface area is 125 Å². The first-order chi connectivity index (χ1) is 9.75. The van der Waals surface area contributed by atoms with Gasteiger partial charge in [0.1, 0.15) is 11.6 Å². The second-order valence-electron chi connectivity index (χ2n) is 6.24. The van der Waals surface area contributed by atoms with Gasteiger partial charge in [-0.05, 0) is 31.5 Å². The molecule has 21 heavy (non-hydrogen) atoms. The van der Waals surface area contributed by atoms with Crippen molar-refractivity contribution < 1.29 is 13.6 Å². The number of benzene rings is 1. The second kappa shape index (κ2) is 7.50. The van der Waals surface area contributed by atoms with Gasteiger partial charge in [-0.1, -0.05) is 26.8 Å². The van der Waals surface area contributed by atoms with Crippen LogP contribution in [0.4, 0.5) is 8.78 Å². The predicted molar refractivity (Wildman–Crippen MR) is 79.9 cm³/mol. The van der Waals surface area contributed by atoms with Gasteiger partial charge in [0.25, 0.3) is 0 Å². The molecule has 0 saturated heterocycles. The van der Waals surface area contributed by atoms with Gasteiger partial charge in [-0.3, -0.25) is 4.79 Å². The summed E-state index contributed by atoms with van der Waals surface area (Å²) in [4.78, 5) is 12.0. The Balaban J connectivity index is 2.89. The number of hydrogen-bond donors (Lipinski definition) is 2. The van der Waals surface area contributed by atoms with Crippen LogP contribution in [0.5, 0.6) is 0 Å². The van der Waals surface area contributed by atoms with Gasteiger partial charge >= 0.3 is 0 Å². The van der Waals surface area contributed by atoms with E-state index >= 15 is 0 Å². The first-order valence-electron chi connectivity index (χ1n) is 7.14. The molecule has 0 radical (unpaired) electrons. The zero-order valence-corrected chi connectivity index (χ0v) is 13.1. The molecule has 1 unspecified atom stereocenters. The molecule has 3 nitrogen and oxygen atoms in total. The number of nitrogens with one attached hydrogen (secondary N) is 2. The number of hydrogen-bond acceptors (Lipinski definition) is 2. The van der Waals surface area contributed by atoms with Crippen molar-refractivity contribution in [2.45, 2.75) is 39.7 Å². The zero-order valence-electron chi connectivity index (χ0n) is 13.1. The summed E-state index contributed by atoms with van der Waals surface area (Å²) in [6.07, 6.45) is 1.08. The molecule has 1 rings (SSSR count). The van der Waals surface area contributed by atoms with E-state index in [1.54, 1.807) is 0 Å². The van der Waals surface area contributed by atoms with Crippen molar-refractivity contribution in [1.82, 2.24) is 10.6 Å². The van der Waals surface area contributed by atoms with Gasteiger partial charge in [0, 0.05) is 18.1 Å². The normalized spacial score (nSPS) is 13.0.